The number of anilines is 1. The zero-order chi connectivity index (χ0) is 27.4. The number of hydrogen-bond donors (Lipinski definition) is 0. The fourth-order valence-electron chi connectivity index (χ4n) is 4.39. The Labute approximate surface area is 215 Å². The van der Waals surface area contributed by atoms with Gasteiger partial charge in [-0.3, -0.25) is 0 Å². The standard InChI is InChI=1S/C26H34F4N4O2Si/c1-17-13-22-31-15-21(19-9-8-10-20(14-19)35-26(28,29)30)34(22)32-23(17)33-12-11-25(27,16-33)18(2)36-37(6,7)24(3,4)5/h8-10,13-15,18H,11-12,16H2,1-7H3. The van der Waals surface area contributed by atoms with Gasteiger partial charge in [0, 0.05) is 18.5 Å². The predicted octanol–water partition coefficient (Wildman–Crippen LogP) is 6.93. The minimum absolute atomic E-state index is 0.0284. The number of ether oxygens (including phenoxy) is 1. The second kappa shape index (κ2) is 9.27. The Morgan fingerprint density at radius 3 is 2.49 bits per heavy atom. The van der Waals surface area contributed by atoms with Crippen molar-refractivity contribution in [1.29, 1.82) is 0 Å². The molecular formula is C26H34F4N4O2Si. The summed E-state index contributed by atoms with van der Waals surface area (Å²) in [4.78, 5) is 6.29. The molecule has 0 saturated carbocycles. The lowest BCUT2D eigenvalue weighted by molar-refractivity contribution is -0.274. The van der Waals surface area contributed by atoms with E-state index in [-0.39, 0.29) is 17.3 Å². The number of nitrogens with zero attached hydrogens (tertiary/aromatic N) is 4. The highest BCUT2D eigenvalue weighted by Crippen LogP contribution is 2.41. The van der Waals surface area contributed by atoms with Gasteiger partial charge in [-0.15, -0.1) is 18.3 Å². The number of aryl methyl sites for hydroxylation is 1. The number of hydrogen-bond acceptors (Lipinski definition) is 5. The maximum absolute atomic E-state index is 16.2. The van der Waals surface area contributed by atoms with Crippen LogP contribution in [0.1, 0.15) is 39.7 Å². The monoisotopic (exact) mass is 538 g/mol. The van der Waals surface area contributed by atoms with E-state index in [4.69, 9.17) is 9.52 Å². The van der Waals surface area contributed by atoms with Crippen molar-refractivity contribution in [3.63, 3.8) is 0 Å². The molecule has 2 aromatic heterocycles. The Kier molecular flexibility index (Phi) is 6.86. The van der Waals surface area contributed by atoms with Crippen LogP contribution in [0.15, 0.2) is 36.5 Å². The first kappa shape index (κ1) is 27.4. The second-order valence-electron chi connectivity index (χ2n) is 11.4. The molecule has 0 spiro atoms. The van der Waals surface area contributed by atoms with Crippen molar-refractivity contribution >= 4 is 19.8 Å². The molecule has 0 bridgehead atoms. The van der Waals surface area contributed by atoms with Gasteiger partial charge in [-0.25, -0.2) is 13.9 Å². The van der Waals surface area contributed by atoms with Gasteiger partial charge in [0.05, 0.1) is 24.5 Å². The topological polar surface area (TPSA) is 51.9 Å². The SMILES string of the molecule is Cc1cc2ncc(-c3cccc(OC(F)(F)F)c3)n2nc1N1CCC(F)(C(C)O[Si](C)(C)C(C)(C)C)C1. The maximum atomic E-state index is 16.2. The number of alkyl halides is 4. The largest absolute Gasteiger partial charge is 0.573 e. The third-order valence-corrected chi connectivity index (χ3v) is 12.1. The van der Waals surface area contributed by atoms with Crippen LogP contribution in [0, 0.1) is 6.92 Å². The normalized spacial score (nSPS) is 20.0. The summed E-state index contributed by atoms with van der Waals surface area (Å²) >= 11 is 0. The number of fused-ring (bicyclic) bond motifs is 1. The average molecular weight is 539 g/mol. The van der Waals surface area contributed by atoms with Gasteiger partial charge in [-0.2, -0.15) is 0 Å². The van der Waals surface area contributed by atoms with Crippen LogP contribution in [0.25, 0.3) is 16.9 Å². The van der Waals surface area contributed by atoms with Gasteiger partial charge < -0.3 is 14.1 Å². The molecule has 4 rings (SSSR count). The van der Waals surface area contributed by atoms with E-state index in [0.29, 0.717) is 35.7 Å². The van der Waals surface area contributed by atoms with E-state index in [1.165, 1.54) is 18.2 Å². The van der Waals surface area contributed by atoms with E-state index in [1.807, 2.05) is 24.8 Å². The summed E-state index contributed by atoms with van der Waals surface area (Å²) in [6.07, 6.45) is -3.49. The Balaban J connectivity index is 1.62. The maximum Gasteiger partial charge on any atom is 0.573 e. The van der Waals surface area contributed by atoms with Crippen molar-refractivity contribution in [2.45, 2.75) is 77.3 Å². The number of imidazole rings is 1. The van der Waals surface area contributed by atoms with E-state index >= 15 is 4.39 Å². The highest BCUT2D eigenvalue weighted by Gasteiger charge is 2.48. The lowest BCUT2D eigenvalue weighted by Crippen LogP contribution is -2.50. The predicted molar refractivity (Wildman–Crippen MR) is 138 cm³/mol. The molecule has 1 fully saturated rings. The Hall–Kier alpha value is -2.66. The van der Waals surface area contributed by atoms with Crippen molar-refractivity contribution in [3.8, 4) is 17.0 Å². The van der Waals surface area contributed by atoms with Crippen molar-refractivity contribution in [1.82, 2.24) is 14.6 Å². The lowest BCUT2D eigenvalue weighted by Gasteiger charge is -2.41. The summed E-state index contributed by atoms with van der Waals surface area (Å²) in [5.74, 6) is 0.276. The molecule has 37 heavy (non-hydrogen) atoms. The summed E-state index contributed by atoms with van der Waals surface area (Å²) in [5, 5.41) is 4.73. The quantitative estimate of drug-likeness (QED) is 0.252. The average Bonchev–Trinajstić information content (AvgIpc) is 3.35. The zero-order valence-corrected chi connectivity index (χ0v) is 23.3. The van der Waals surface area contributed by atoms with Crippen molar-refractivity contribution in [2.75, 3.05) is 18.0 Å². The minimum atomic E-state index is -4.79. The third-order valence-electron chi connectivity index (χ3n) is 7.58. The molecule has 1 aromatic carbocycles. The molecule has 6 nitrogen and oxygen atoms in total. The highest BCUT2D eigenvalue weighted by atomic mass is 28.4. The highest BCUT2D eigenvalue weighted by molar-refractivity contribution is 6.74. The van der Waals surface area contributed by atoms with E-state index in [2.05, 4.69) is 43.6 Å². The van der Waals surface area contributed by atoms with Crippen LogP contribution in [-0.4, -0.2) is 54.1 Å². The van der Waals surface area contributed by atoms with Gasteiger partial charge in [0.2, 0.25) is 0 Å². The molecule has 11 heteroatoms. The second-order valence-corrected chi connectivity index (χ2v) is 16.1. The Bertz CT molecular complexity index is 1290. The summed E-state index contributed by atoms with van der Waals surface area (Å²) < 4.78 is 66.3. The van der Waals surface area contributed by atoms with E-state index in [9.17, 15) is 13.2 Å². The van der Waals surface area contributed by atoms with Crippen molar-refractivity contribution in [2.24, 2.45) is 0 Å². The fraction of sp³-hybridized carbons (Fsp3) is 0.538. The van der Waals surface area contributed by atoms with Crippen LogP contribution in [0.3, 0.4) is 0 Å². The first-order chi connectivity index (χ1) is 17.0. The molecular weight excluding hydrogens is 504 g/mol. The van der Waals surface area contributed by atoms with Crippen LogP contribution in [-0.2, 0) is 4.43 Å². The van der Waals surface area contributed by atoms with Gasteiger partial charge in [0.1, 0.15) is 5.75 Å². The molecule has 3 aromatic rings. The number of halogens is 4. The van der Waals surface area contributed by atoms with E-state index in [1.54, 1.807) is 16.8 Å². The molecule has 202 valence electrons. The Morgan fingerprint density at radius 2 is 1.84 bits per heavy atom. The molecule has 2 unspecified atom stereocenters. The van der Waals surface area contributed by atoms with Crippen LogP contribution in [0.2, 0.25) is 18.1 Å². The molecule has 0 radical (unpaired) electrons. The summed E-state index contributed by atoms with van der Waals surface area (Å²) in [5.41, 5.74) is 0.817. The Morgan fingerprint density at radius 1 is 1.14 bits per heavy atom. The first-order valence-corrected chi connectivity index (χ1v) is 15.2. The number of rotatable bonds is 6. The first-order valence-electron chi connectivity index (χ1n) is 12.3. The van der Waals surface area contributed by atoms with Crippen LogP contribution >= 0.6 is 0 Å². The molecule has 0 N–H and O–H groups in total. The fourth-order valence-corrected chi connectivity index (χ4v) is 5.84. The molecule has 0 amide bonds. The smallest absolute Gasteiger partial charge is 0.411 e. The van der Waals surface area contributed by atoms with Gasteiger partial charge in [-0.05, 0) is 55.7 Å². The summed E-state index contributed by atoms with van der Waals surface area (Å²) in [7, 11) is -2.15. The summed E-state index contributed by atoms with van der Waals surface area (Å²) in [6, 6.07) is 7.51. The van der Waals surface area contributed by atoms with Gasteiger partial charge in [-0.1, -0.05) is 32.9 Å². The van der Waals surface area contributed by atoms with Gasteiger partial charge >= 0.3 is 6.36 Å². The molecule has 1 aliphatic rings. The molecule has 0 aliphatic carbocycles. The van der Waals surface area contributed by atoms with Crippen LogP contribution < -0.4 is 9.64 Å². The minimum Gasteiger partial charge on any atom is -0.411 e. The van der Waals surface area contributed by atoms with E-state index in [0.717, 1.165) is 5.56 Å². The van der Waals surface area contributed by atoms with Crippen molar-refractivity contribution in [3.05, 3.63) is 42.1 Å². The molecule has 3 heterocycles. The molecule has 1 aliphatic heterocycles. The number of aromatic nitrogens is 3. The van der Waals surface area contributed by atoms with Gasteiger partial charge in [0.25, 0.3) is 0 Å². The zero-order valence-electron chi connectivity index (χ0n) is 22.3. The third kappa shape index (κ3) is 5.62. The molecule has 1 saturated heterocycles. The lowest BCUT2D eigenvalue weighted by atomic mass is 9.99. The van der Waals surface area contributed by atoms with Crippen LogP contribution in [0.4, 0.5) is 23.4 Å². The van der Waals surface area contributed by atoms with Crippen LogP contribution in [0.5, 0.6) is 5.75 Å². The number of benzene rings is 1. The molecule has 2 atom stereocenters. The summed E-state index contributed by atoms with van der Waals surface area (Å²) in [6.45, 7) is 15.0. The van der Waals surface area contributed by atoms with E-state index < -0.39 is 26.5 Å². The van der Waals surface area contributed by atoms with Gasteiger partial charge in [0.15, 0.2) is 25.5 Å². The van der Waals surface area contributed by atoms with Crippen molar-refractivity contribution < 1.29 is 26.7 Å².